The maximum Gasteiger partial charge on any atom is 0.185 e. The molecule has 0 bridgehead atoms. The molecule has 26 heavy (non-hydrogen) atoms. The van der Waals surface area contributed by atoms with E-state index in [9.17, 15) is 4.79 Å². The molecule has 0 spiro atoms. The maximum atomic E-state index is 12.7. The minimum Gasteiger partial charge on any atom is -0.496 e. The number of ether oxygens (including phenoxy) is 2. The lowest BCUT2D eigenvalue weighted by Crippen LogP contribution is -1.96. The van der Waals surface area contributed by atoms with Crippen LogP contribution in [0.4, 0.5) is 0 Å². The number of halogens is 2. The lowest BCUT2D eigenvalue weighted by molar-refractivity contribution is -0.111. The van der Waals surface area contributed by atoms with Crippen molar-refractivity contribution in [1.29, 1.82) is 0 Å². The number of rotatable bonds is 4. The van der Waals surface area contributed by atoms with Crippen LogP contribution in [0.15, 0.2) is 56.5 Å². The third-order valence-corrected chi connectivity index (χ3v) is 5.52. The molecule has 134 valence electrons. The van der Waals surface area contributed by atoms with Gasteiger partial charge in [-0.15, -0.1) is 0 Å². The summed E-state index contributed by atoms with van der Waals surface area (Å²) in [5, 5.41) is 0. The topological polar surface area (TPSA) is 35.5 Å². The van der Waals surface area contributed by atoms with Crippen molar-refractivity contribution in [3.63, 3.8) is 0 Å². The first-order chi connectivity index (χ1) is 12.5. The molecule has 1 saturated carbocycles. The first kappa shape index (κ1) is 18.9. The number of carbonyl (C=O) groups is 1. The highest BCUT2D eigenvalue weighted by Gasteiger charge is 2.23. The molecule has 3 rings (SSSR count). The molecule has 0 radical (unpaired) electrons. The van der Waals surface area contributed by atoms with Gasteiger partial charge in [-0.3, -0.25) is 4.79 Å². The van der Waals surface area contributed by atoms with Crippen LogP contribution in [-0.2, 0) is 4.79 Å². The van der Waals surface area contributed by atoms with Crippen molar-refractivity contribution in [3.05, 3.63) is 67.6 Å². The van der Waals surface area contributed by atoms with E-state index in [-0.39, 0.29) is 5.78 Å². The van der Waals surface area contributed by atoms with Crippen LogP contribution in [0.5, 0.6) is 11.5 Å². The van der Waals surface area contributed by atoms with E-state index in [1.54, 1.807) is 14.2 Å². The van der Waals surface area contributed by atoms with E-state index in [4.69, 9.17) is 9.47 Å². The van der Waals surface area contributed by atoms with E-state index < -0.39 is 0 Å². The molecule has 0 N–H and O–H groups in total. The third kappa shape index (κ3) is 4.10. The van der Waals surface area contributed by atoms with Crippen LogP contribution in [0, 0.1) is 0 Å². The zero-order valence-corrected chi connectivity index (χ0v) is 17.7. The predicted octanol–water partition coefficient (Wildman–Crippen LogP) is 6.06. The fourth-order valence-corrected chi connectivity index (χ4v) is 4.04. The van der Waals surface area contributed by atoms with Crippen molar-refractivity contribution in [2.75, 3.05) is 14.2 Å². The summed E-state index contributed by atoms with van der Waals surface area (Å²) in [6.45, 7) is 0. The van der Waals surface area contributed by atoms with Crippen LogP contribution in [0.25, 0.3) is 12.2 Å². The molecule has 0 atom stereocenters. The monoisotopic (exact) mass is 476 g/mol. The van der Waals surface area contributed by atoms with Crippen LogP contribution in [0.3, 0.4) is 0 Å². The fraction of sp³-hybridized carbons (Fsp3) is 0.190. The van der Waals surface area contributed by atoms with Gasteiger partial charge in [0.2, 0.25) is 0 Å². The van der Waals surface area contributed by atoms with Crippen LogP contribution in [0.2, 0.25) is 0 Å². The second kappa shape index (κ2) is 8.23. The average Bonchev–Trinajstić information content (AvgIpc) is 2.95. The van der Waals surface area contributed by atoms with E-state index in [1.807, 2.05) is 48.6 Å². The number of Topliss-reactive ketones (excluding diaryl/α,β-unsaturated/α-hetero) is 1. The second-order valence-corrected chi connectivity index (χ2v) is 7.66. The van der Waals surface area contributed by atoms with Gasteiger partial charge in [0.05, 0.1) is 23.2 Å². The SMILES string of the molecule is COc1ccc(C=C2CCC(=Cc3ccc(OC)c(Br)c3)C2=O)cc1Br. The van der Waals surface area contributed by atoms with E-state index in [0.29, 0.717) is 0 Å². The highest BCUT2D eigenvalue weighted by Crippen LogP contribution is 2.33. The fourth-order valence-electron chi connectivity index (χ4n) is 2.93. The maximum absolute atomic E-state index is 12.7. The number of hydrogen-bond acceptors (Lipinski definition) is 3. The van der Waals surface area contributed by atoms with Crippen LogP contribution >= 0.6 is 31.9 Å². The van der Waals surface area contributed by atoms with Crippen molar-refractivity contribution in [1.82, 2.24) is 0 Å². The first-order valence-electron chi connectivity index (χ1n) is 8.14. The molecule has 0 heterocycles. The lowest BCUT2D eigenvalue weighted by Gasteiger charge is -2.04. The Morgan fingerprint density at radius 1 is 0.808 bits per heavy atom. The lowest BCUT2D eigenvalue weighted by atomic mass is 10.1. The Morgan fingerprint density at radius 3 is 1.58 bits per heavy atom. The zero-order chi connectivity index (χ0) is 18.7. The molecule has 0 unspecified atom stereocenters. The summed E-state index contributed by atoms with van der Waals surface area (Å²) in [5.74, 6) is 1.66. The number of allylic oxidation sites excluding steroid dienone is 2. The summed E-state index contributed by atoms with van der Waals surface area (Å²) in [5.41, 5.74) is 3.63. The Balaban J connectivity index is 1.83. The van der Waals surface area contributed by atoms with Gasteiger partial charge in [0.25, 0.3) is 0 Å². The second-order valence-electron chi connectivity index (χ2n) is 5.96. The van der Waals surface area contributed by atoms with Crippen molar-refractivity contribution >= 4 is 49.8 Å². The molecule has 0 aliphatic heterocycles. The van der Waals surface area contributed by atoms with Crippen molar-refractivity contribution < 1.29 is 14.3 Å². The predicted molar refractivity (Wildman–Crippen MR) is 112 cm³/mol. The Labute approximate surface area is 170 Å². The number of benzene rings is 2. The molecule has 0 amide bonds. The number of methoxy groups -OCH3 is 2. The van der Waals surface area contributed by atoms with Crippen molar-refractivity contribution in [2.24, 2.45) is 0 Å². The summed E-state index contributed by atoms with van der Waals surface area (Å²) >= 11 is 6.96. The largest absolute Gasteiger partial charge is 0.496 e. The summed E-state index contributed by atoms with van der Waals surface area (Å²) in [6.07, 6.45) is 5.42. The van der Waals surface area contributed by atoms with Gasteiger partial charge in [-0.05, 0) is 92.2 Å². The van der Waals surface area contributed by atoms with Gasteiger partial charge in [0.15, 0.2) is 5.78 Å². The van der Waals surface area contributed by atoms with E-state index in [2.05, 4.69) is 31.9 Å². The number of ketones is 1. The Bertz CT molecular complexity index is 840. The van der Waals surface area contributed by atoms with E-state index >= 15 is 0 Å². The van der Waals surface area contributed by atoms with Gasteiger partial charge in [0, 0.05) is 11.1 Å². The highest BCUT2D eigenvalue weighted by molar-refractivity contribution is 9.10. The quantitative estimate of drug-likeness (QED) is 0.502. The summed E-state index contributed by atoms with van der Waals surface area (Å²) in [4.78, 5) is 12.7. The normalized spacial score (nSPS) is 17.2. The van der Waals surface area contributed by atoms with Crippen LogP contribution < -0.4 is 9.47 Å². The van der Waals surface area contributed by atoms with Crippen molar-refractivity contribution in [3.8, 4) is 11.5 Å². The molecule has 1 fully saturated rings. The molecule has 0 saturated heterocycles. The molecule has 3 nitrogen and oxygen atoms in total. The standard InChI is InChI=1S/C21H18Br2O3/c1-25-19-7-3-13(11-17(19)22)9-15-5-6-16(21(15)24)10-14-4-8-20(26-2)18(23)12-14/h3-4,7-12H,5-6H2,1-2H3. The molecule has 0 aromatic heterocycles. The molecule has 1 aliphatic carbocycles. The Hall–Kier alpha value is -1.85. The third-order valence-electron chi connectivity index (χ3n) is 4.28. The van der Waals surface area contributed by atoms with Gasteiger partial charge in [-0.25, -0.2) is 0 Å². The Morgan fingerprint density at radius 2 is 1.23 bits per heavy atom. The molecule has 5 heteroatoms. The highest BCUT2D eigenvalue weighted by atomic mass is 79.9. The zero-order valence-electron chi connectivity index (χ0n) is 14.5. The van der Waals surface area contributed by atoms with Gasteiger partial charge in [0.1, 0.15) is 11.5 Å². The van der Waals surface area contributed by atoms with E-state index in [0.717, 1.165) is 55.6 Å². The first-order valence-corrected chi connectivity index (χ1v) is 9.73. The van der Waals surface area contributed by atoms with E-state index in [1.165, 1.54) is 0 Å². The summed E-state index contributed by atoms with van der Waals surface area (Å²) in [7, 11) is 3.26. The van der Waals surface area contributed by atoms with Gasteiger partial charge >= 0.3 is 0 Å². The van der Waals surface area contributed by atoms with Gasteiger partial charge < -0.3 is 9.47 Å². The smallest absolute Gasteiger partial charge is 0.185 e. The molecular formula is C21H18Br2O3. The average molecular weight is 478 g/mol. The molecule has 1 aliphatic rings. The van der Waals surface area contributed by atoms with Gasteiger partial charge in [-0.2, -0.15) is 0 Å². The number of carbonyl (C=O) groups excluding carboxylic acids is 1. The van der Waals surface area contributed by atoms with Gasteiger partial charge in [-0.1, -0.05) is 12.1 Å². The number of hydrogen-bond donors (Lipinski definition) is 0. The molecule has 2 aromatic rings. The van der Waals surface area contributed by atoms with Crippen LogP contribution in [0.1, 0.15) is 24.0 Å². The summed E-state index contributed by atoms with van der Waals surface area (Å²) in [6, 6.07) is 11.6. The summed E-state index contributed by atoms with van der Waals surface area (Å²) < 4.78 is 12.2. The Kier molecular flexibility index (Phi) is 5.99. The molecule has 2 aromatic carbocycles. The minimum atomic E-state index is 0.115. The minimum absolute atomic E-state index is 0.115. The molecular weight excluding hydrogens is 460 g/mol. The van der Waals surface area contributed by atoms with Crippen molar-refractivity contribution in [2.45, 2.75) is 12.8 Å². The van der Waals surface area contributed by atoms with Crippen LogP contribution in [-0.4, -0.2) is 20.0 Å².